The summed E-state index contributed by atoms with van der Waals surface area (Å²) < 4.78 is 21.6. The molecule has 0 rings (SSSR count). The van der Waals surface area contributed by atoms with Gasteiger partial charge in [0, 0.05) is 18.2 Å². The minimum Gasteiger partial charge on any atom is -0.352 e. The topological polar surface area (TPSA) is 63.2 Å². The van der Waals surface area contributed by atoms with Crippen LogP contribution in [0.2, 0.25) is 0 Å². The van der Waals surface area contributed by atoms with Crippen LogP contribution in [0.3, 0.4) is 0 Å². The summed E-state index contributed by atoms with van der Waals surface area (Å²) in [7, 11) is -3.25. The lowest BCUT2D eigenvalue weighted by Gasteiger charge is -2.18. The number of halogens is 1. The molecule has 0 saturated heterocycles. The Morgan fingerprint density at radius 2 is 1.93 bits per heavy atom. The molecule has 1 amide bonds. The van der Waals surface area contributed by atoms with E-state index in [9.17, 15) is 13.2 Å². The van der Waals surface area contributed by atoms with Crippen LogP contribution in [-0.4, -0.2) is 38.3 Å². The fraction of sp³-hybridized carbons (Fsp3) is 0.875. The van der Waals surface area contributed by atoms with Crippen LogP contribution in [-0.2, 0) is 14.6 Å². The molecule has 0 aromatic heterocycles. The molecule has 0 aliphatic rings. The second kappa shape index (κ2) is 5.56. The smallest absolute Gasteiger partial charge is 0.235 e. The van der Waals surface area contributed by atoms with Crippen molar-refractivity contribution in [1.82, 2.24) is 5.32 Å². The van der Waals surface area contributed by atoms with Gasteiger partial charge < -0.3 is 5.32 Å². The standard InChI is InChI=1S/C8H16ClNO3S/c1-6(4-9)7(2)10-8(11)5-14(3,12)13/h6-7H,4-5H2,1-3H3,(H,10,11). The molecule has 6 heteroatoms. The molecular formula is C8H16ClNO3S. The lowest BCUT2D eigenvalue weighted by Crippen LogP contribution is -2.40. The first-order chi connectivity index (χ1) is 6.26. The van der Waals surface area contributed by atoms with Gasteiger partial charge in [0.15, 0.2) is 9.84 Å². The molecule has 0 aliphatic carbocycles. The highest BCUT2D eigenvalue weighted by Gasteiger charge is 2.16. The molecule has 0 spiro atoms. The first kappa shape index (κ1) is 13.7. The van der Waals surface area contributed by atoms with Crippen LogP contribution in [0.4, 0.5) is 0 Å². The summed E-state index contributed by atoms with van der Waals surface area (Å²) in [5.74, 6) is -0.385. The van der Waals surface area contributed by atoms with Crippen molar-refractivity contribution in [2.24, 2.45) is 5.92 Å². The minimum absolute atomic E-state index is 0.109. The quantitative estimate of drug-likeness (QED) is 0.710. The summed E-state index contributed by atoms with van der Waals surface area (Å²) in [5.41, 5.74) is 0. The van der Waals surface area contributed by atoms with Gasteiger partial charge in [0.25, 0.3) is 0 Å². The molecule has 84 valence electrons. The number of carbonyl (C=O) groups excluding carboxylic acids is 1. The first-order valence-corrected chi connectivity index (χ1v) is 6.89. The molecule has 14 heavy (non-hydrogen) atoms. The van der Waals surface area contributed by atoms with Crippen LogP contribution in [0.25, 0.3) is 0 Å². The van der Waals surface area contributed by atoms with Gasteiger partial charge in [-0.05, 0) is 12.8 Å². The molecule has 0 fully saturated rings. The van der Waals surface area contributed by atoms with Crippen molar-refractivity contribution in [3.8, 4) is 0 Å². The van der Waals surface area contributed by atoms with E-state index < -0.39 is 21.5 Å². The zero-order chi connectivity index (χ0) is 11.4. The van der Waals surface area contributed by atoms with E-state index in [1.54, 1.807) is 6.92 Å². The Morgan fingerprint density at radius 1 is 1.43 bits per heavy atom. The van der Waals surface area contributed by atoms with Crippen molar-refractivity contribution in [1.29, 1.82) is 0 Å². The summed E-state index contributed by atoms with van der Waals surface area (Å²) in [5, 5.41) is 2.58. The number of hydrogen-bond donors (Lipinski definition) is 1. The first-order valence-electron chi connectivity index (χ1n) is 4.29. The molecule has 2 unspecified atom stereocenters. The van der Waals surface area contributed by atoms with Gasteiger partial charge in [-0.1, -0.05) is 6.92 Å². The lowest BCUT2D eigenvalue weighted by atomic mass is 10.1. The van der Waals surface area contributed by atoms with Crippen LogP contribution >= 0.6 is 11.6 Å². The highest BCUT2D eigenvalue weighted by molar-refractivity contribution is 7.91. The Balaban J connectivity index is 4.08. The van der Waals surface area contributed by atoms with Crippen molar-refractivity contribution in [3.63, 3.8) is 0 Å². The van der Waals surface area contributed by atoms with E-state index in [1.165, 1.54) is 0 Å². The molecule has 0 heterocycles. The maximum atomic E-state index is 11.2. The van der Waals surface area contributed by atoms with E-state index >= 15 is 0 Å². The van der Waals surface area contributed by atoms with Gasteiger partial charge in [-0.2, -0.15) is 0 Å². The van der Waals surface area contributed by atoms with Crippen LogP contribution in [0.1, 0.15) is 13.8 Å². The second-order valence-corrected chi connectivity index (χ2v) is 6.01. The lowest BCUT2D eigenvalue weighted by molar-refractivity contribution is -0.119. The predicted molar refractivity (Wildman–Crippen MR) is 57.2 cm³/mol. The van der Waals surface area contributed by atoms with Crippen LogP contribution < -0.4 is 5.32 Å². The maximum absolute atomic E-state index is 11.2. The molecular weight excluding hydrogens is 226 g/mol. The minimum atomic E-state index is -3.25. The van der Waals surface area contributed by atoms with Crippen molar-refractivity contribution in [3.05, 3.63) is 0 Å². The Kier molecular flexibility index (Phi) is 5.44. The Labute approximate surface area is 89.9 Å². The normalized spacial score (nSPS) is 16.0. The average molecular weight is 242 g/mol. The molecule has 4 nitrogen and oxygen atoms in total. The summed E-state index contributed by atoms with van der Waals surface area (Å²) in [6.07, 6.45) is 1.03. The summed E-state index contributed by atoms with van der Waals surface area (Å²) in [6.45, 7) is 3.69. The second-order valence-electron chi connectivity index (χ2n) is 3.56. The molecule has 0 aliphatic heterocycles. The van der Waals surface area contributed by atoms with E-state index in [1.807, 2.05) is 6.92 Å². The fourth-order valence-electron chi connectivity index (χ4n) is 0.810. The SMILES string of the molecule is CC(CCl)C(C)NC(=O)CS(C)(=O)=O. The fourth-order valence-corrected chi connectivity index (χ4v) is 1.64. The molecule has 0 radical (unpaired) electrons. The number of hydrogen-bond acceptors (Lipinski definition) is 3. The van der Waals surface area contributed by atoms with Crippen LogP contribution in [0.5, 0.6) is 0 Å². The largest absolute Gasteiger partial charge is 0.352 e. The van der Waals surface area contributed by atoms with Gasteiger partial charge in [0.1, 0.15) is 5.75 Å². The number of alkyl halides is 1. The molecule has 2 atom stereocenters. The zero-order valence-corrected chi connectivity index (χ0v) is 10.2. The van der Waals surface area contributed by atoms with Crippen molar-refractivity contribution < 1.29 is 13.2 Å². The molecule has 0 bridgehead atoms. The number of carbonyl (C=O) groups is 1. The van der Waals surface area contributed by atoms with Gasteiger partial charge in [-0.15, -0.1) is 11.6 Å². The van der Waals surface area contributed by atoms with Crippen molar-refractivity contribution in [2.75, 3.05) is 17.9 Å². The van der Waals surface area contributed by atoms with E-state index in [0.717, 1.165) is 6.26 Å². The number of amides is 1. The van der Waals surface area contributed by atoms with E-state index in [2.05, 4.69) is 5.32 Å². The zero-order valence-electron chi connectivity index (χ0n) is 8.58. The summed E-state index contributed by atoms with van der Waals surface area (Å²) in [4.78, 5) is 11.2. The Morgan fingerprint density at radius 3 is 2.29 bits per heavy atom. The van der Waals surface area contributed by atoms with E-state index in [0.29, 0.717) is 5.88 Å². The van der Waals surface area contributed by atoms with Gasteiger partial charge in [-0.3, -0.25) is 4.79 Å². The summed E-state index contributed by atoms with van der Waals surface area (Å²) in [6, 6.07) is -0.109. The van der Waals surface area contributed by atoms with Gasteiger partial charge in [0.2, 0.25) is 5.91 Å². The average Bonchev–Trinajstić information content (AvgIpc) is 1.99. The van der Waals surface area contributed by atoms with E-state index in [-0.39, 0.29) is 12.0 Å². The van der Waals surface area contributed by atoms with Gasteiger partial charge in [-0.25, -0.2) is 8.42 Å². The van der Waals surface area contributed by atoms with Crippen LogP contribution in [0, 0.1) is 5.92 Å². The van der Waals surface area contributed by atoms with Crippen LogP contribution in [0.15, 0.2) is 0 Å². The number of sulfone groups is 1. The highest BCUT2D eigenvalue weighted by atomic mass is 35.5. The van der Waals surface area contributed by atoms with Crippen molar-refractivity contribution in [2.45, 2.75) is 19.9 Å². The van der Waals surface area contributed by atoms with Crippen molar-refractivity contribution >= 4 is 27.3 Å². The Bertz CT molecular complexity index is 289. The highest BCUT2D eigenvalue weighted by Crippen LogP contribution is 2.04. The molecule has 0 aromatic rings. The monoisotopic (exact) mass is 241 g/mol. The molecule has 0 saturated carbocycles. The third kappa shape index (κ3) is 6.21. The van der Waals surface area contributed by atoms with Gasteiger partial charge >= 0.3 is 0 Å². The number of nitrogens with one attached hydrogen (secondary N) is 1. The predicted octanol–water partition coefficient (Wildman–Crippen LogP) is 0.411. The third-order valence-corrected chi connectivity index (χ3v) is 3.15. The van der Waals surface area contributed by atoms with Gasteiger partial charge in [0.05, 0.1) is 0 Å². The maximum Gasteiger partial charge on any atom is 0.235 e. The molecule has 1 N–H and O–H groups in total. The molecule has 0 aromatic carbocycles. The Hall–Kier alpha value is -0.290. The third-order valence-electron chi connectivity index (χ3n) is 1.88. The van der Waals surface area contributed by atoms with E-state index in [4.69, 9.17) is 11.6 Å². The summed E-state index contributed by atoms with van der Waals surface area (Å²) >= 11 is 5.59. The number of rotatable bonds is 5.